The number of nitrogens with zero attached hydrogens (tertiary/aromatic N) is 3. The van der Waals surface area contributed by atoms with Crippen LogP contribution in [0.2, 0.25) is 0 Å². The van der Waals surface area contributed by atoms with Gasteiger partial charge >= 0.3 is 0 Å². The third kappa shape index (κ3) is 4.31. The normalized spacial score (nSPS) is 16.7. The molecule has 1 N–H and O–H groups in total. The van der Waals surface area contributed by atoms with E-state index in [1.807, 2.05) is 24.3 Å². The second-order valence-corrected chi connectivity index (χ2v) is 8.44. The second kappa shape index (κ2) is 9.03. The molecule has 2 aliphatic rings. The van der Waals surface area contributed by atoms with Gasteiger partial charge in [-0.05, 0) is 35.9 Å². The monoisotopic (exact) mass is 462 g/mol. The van der Waals surface area contributed by atoms with Crippen LogP contribution in [0.1, 0.15) is 23.3 Å². The first-order chi connectivity index (χ1) is 16.1. The second-order valence-electron chi connectivity index (χ2n) is 7.49. The van der Waals surface area contributed by atoms with E-state index >= 15 is 0 Å². The Morgan fingerprint density at radius 2 is 1.94 bits per heavy atom. The zero-order chi connectivity index (χ0) is 22.8. The summed E-state index contributed by atoms with van der Waals surface area (Å²) in [7, 11) is 0. The van der Waals surface area contributed by atoms with Gasteiger partial charge in [-0.3, -0.25) is 14.6 Å². The van der Waals surface area contributed by atoms with Crippen LogP contribution in [-0.2, 0) is 21.9 Å². The minimum absolute atomic E-state index is 0.0903. The van der Waals surface area contributed by atoms with Crippen LogP contribution in [0, 0.1) is 5.82 Å². The van der Waals surface area contributed by atoms with Gasteiger partial charge in [-0.25, -0.2) is 14.3 Å². The van der Waals surface area contributed by atoms with Crippen molar-refractivity contribution in [3.8, 4) is 0 Å². The van der Waals surface area contributed by atoms with Gasteiger partial charge in [0.2, 0.25) is 5.91 Å². The van der Waals surface area contributed by atoms with Gasteiger partial charge in [-0.2, -0.15) is 0 Å². The van der Waals surface area contributed by atoms with Crippen LogP contribution in [0.15, 0.2) is 81.3 Å². The molecule has 2 aliphatic heterocycles. The molecule has 0 radical (unpaired) electrons. The Kier molecular flexibility index (Phi) is 5.78. The van der Waals surface area contributed by atoms with Crippen LogP contribution in [0.25, 0.3) is 0 Å². The van der Waals surface area contributed by atoms with Gasteiger partial charge in [0.1, 0.15) is 23.5 Å². The molecular weight excluding hydrogens is 443 g/mol. The van der Waals surface area contributed by atoms with Gasteiger partial charge in [-0.15, -0.1) is 0 Å². The summed E-state index contributed by atoms with van der Waals surface area (Å²) in [5.41, 5.74) is 1.92. The minimum atomic E-state index is -0.859. The third-order valence-electron chi connectivity index (χ3n) is 5.28. The first kappa shape index (κ1) is 21.1. The lowest BCUT2D eigenvalue weighted by atomic mass is 10.1. The van der Waals surface area contributed by atoms with E-state index in [-0.39, 0.29) is 30.6 Å². The molecule has 7 nitrogen and oxygen atoms in total. The van der Waals surface area contributed by atoms with Crippen molar-refractivity contribution in [2.75, 3.05) is 0 Å². The molecule has 2 amide bonds. The average Bonchev–Trinajstić information content (AvgIpc) is 3.46. The third-order valence-corrected chi connectivity index (χ3v) is 6.27. The number of carbonyl (C=O) groups is 2. The summed E-state index contributed by atoms with van der Waals surface area (Å²) >= 11 is 1.26. The maximum Gasteiger partial charge on any atom is 0.259 e. The molecule has 0 fully saturated rings. The predicted octanol–water partition coefficient (Wildman–Crippen LogP) is 4.02. The van der Waals surface area contributed by atoms with Crippen molar-refractivity contribution in [2.45, 2.75) is 24.8 Å². The van der Waals surface area contributed by atoms with Gasteiger partial charge in [0.05, 0.1) is 24.9 Å². The number of benzene rings is 2. The van der Waals surface area contributed by atoms with Crippen LogP contribution in [0.4, 0.5) is 10.1 Å². The number of para-hydroxylation sites is 1. The van der Waals surface area contributed by atoms with Gasteiger partial charge < -0.3 is 9.73 Å². The Labute approximate surface area is 193 Å². The molecule has 33 heavy (non-hydrogen) atoms. The van der Waals surface area contributed by atoms with Crippen molar-refractivity contribution in [3.63, 3.8) is 0 Å². The molecule has 2 aromatic carbocycles. The van der Waals surface area contributed by atoms with E-state index in [1.165, 1.54) is 29.0 Å². The fourth-order valence-corrected chi connectivity index (χ4v) is 4.62. The average molecular weight is 463 g/mol. The summed E-state index contributed by atoms with van der Waals surface area (Å²) in [5.74, 6) is 0.448. The highest BCUT2D eigenvalue weighted by molar-refractivity contribution is 8.13. The summed E-state index contributed by atoms with van der Waals surface area (Å²) in [6.45, 7) is 0.237. The zero-order valence-electron chi connectivity index (χ0n) is 17.4. The molecule has 9 heteroatoms. The van der Waals surface area contributed by atoms with Crippen LogP contribution in [0.5, 0.6) is 0 Å². The van der Waals surface area contributed by atoms with E-state index in [0.717, 1.165) is 5.56 Å². The molecule has 3 heterocycles. The number of aliphatic imine (C=N–C) groups is 2. The summed E-state index contributed by atoms with van der Waals surface area (Å²) in [6.07, 6.45) is 1.44. The van der Waals surface area contributed by atoms with Crippen molar-refractivity contribution >= 4 is 40.3 Å². The van der Waals surface area contributed by atoms with Crippen LogP contribution >= 0.6 is 11.8 Å². The molecule has 0 saturated carbocycles. The zero-order valence-corrected chi connectivity index (χ0v) is 18.2. The van der Waals surface area contributed by atoms with E-state index in [4.69, 9.17) is 4.42 Å². The lowest BCUT2D eigenvalue weighted by molar-refractivity contribution is -0.128. The summed E-state index contributed by atoms with van der Waals surface area (Å²) in [5, 5.41) is 3.16. The van der Waals surface area contributed by atoms with Crippen molar-refractivity contribution in [1.29, 1.82) is 0 Å². The van der Waals surface area contributed by atoms with Crippen LogP contribution in [0.3, 0.4) is 0 Å². The van der Waals surface area contributed by atoms with Crippen LogP contribution in [-0.4, -0.2) is 33.8 Å². The Bertz CT molecular complexity index is 1270. The van der Waals surface area contributed by atoms with Gasteiger partial charge in [-0.1, -0.05) is 42.1 Å². The highest BCUT2D eigenvalue weighted by Gasteiger charge is 2.42. The molecule has 0 bridgehead atoms. The van der Waals surface area contributed by atoms with Crippen LogP contribution < -0.4 is 5.32 Å². The Hall–Kier alpha value is -3.72. The number of amides is 2. The van der Waals surface area contributed by atoms with E-state index < -0.39 is 6.04 Å². The molecular formula is C24H19FN4O3S. The fraction of sp³-hybridized carbons (Fsp3) is 0.167. The van der Waals surface area contributed by atoms with Gasteiger partial charge in [0.25, 0.3) is 5.91 Å². The number of nitrogens with one attached hydrogen (secondary N) is 1. The predicted molar refractivity (Wildman–Crippen MR) is 124 cm³/mol. The standard InChI is InChI=1S/C24H19FN4O3S/c25-18-9-3-1-6-15(18)14-33-24-28-19-10-4-2-8-17(19)22-27-20(23(31)29(22)24)12-21(30)26-13-16-7-5-11-32-16/h1-11,20H,12-14H2,(H,26,30). The fourth-order valence-electron chi connectivity index (χ4n) is 3.64. The Morgan fingerprint density at radius 3 is 2.76 bits per heavy atom. The minimum Gasteiger partial charge on any atom is -0.467 e. The molecule has 0 spiro atoms. The molecule has 5 rings (SSSR count). The summed E-state index contributed by atoms with van der Waals surface area (Å²) < 4.78 is 19.3. The number of fused-ring (bicyclic) bond motifs is 3. The molecule has 1 unspecified atom stereocenters. The number of hydrogen-bond acceptors (Lipinski definition) is 6. The number of furan rings is 1. The van der Waals surface area contributed by atoms with Gasteiger partial charge in [0, 0.05) is 11.3 Å². The quantitative estimate of drug-likeness (QED) is 0.600. The van der Waals surface area contributed by atoms with E-state index in [0.29, 0.717) is 33.8 Å². The SMILES string of the molecule is O=C(CC1N=C2c3ccccc3N=C(SCc3ccccc3F)N2C1=O)NCc1ccco1. The van der Waals surface area contributed by atoms with E-state index in [9.17, 15) is 14.0 Å². The molecule has 166 valence electrons. The summed E-state index contributed by atoms with van der Waals surface area (Å²) in [6, 6.07) is 16.5. The number of amidine groups is 2. The number of carbonyl (C=O) groups excluding carboxylic acids is 2. The van der Waals surface area contributed by atoms with E-state index in [1.54, 1.807) is 30.3 Å². The molecule has 0 saturated heterocycles. The first-order valence-electron chi connectivity index (χ1n) is 10.4. The highest BCUT2D eigenvalue weighted by atomic mass is 32.2. The first-order valence-corrected chi connectivity index (χ1v) is 11.3. The smallest absolute Gasteiger partial charge is 0.259 e. The lowest BCUT2D eigenvalue weighted by Gasteiger charge is -2.25. The van der Waals surface area contributed by atoms with Crippen molar-refractivity contribution in [3.05, 3.63) is 89.6 Å². The number of hydrogen-bond donors (Lipinski definition) is 1. The highest BCUT2D eigenvalue weighted by Crippen LogP contribution is 2.35. The largest absolute Gasteiger partial charge is 0.467 e. The van der Waals surface area contributed by atoms with Crippen molar-refractivity contribution in [1.82, 2.24) is 10.2 Å². The molecule has 1 aromatic heterocycles. The van der Waals surface area contributed by atoms with Crippen molar-refractivity contribution < 1.29 is 18.4 Å². The number of halogens is 1. The number of rotatable bonds is 6. The van der Waals surface area contributed by atoms with Crippen molar-refractivity contribution in [2.24, 2.45) is 9.98 Å². The maximum absolute atomic E-state index is 14.1. The molecule has 1 atom stereocenters. The Morgan fingerprint density at radius 1 is 1.12 bits per heavy atom. The molecule has 3 aromatic rings. The molecule has 0 aliphatic carbocycles. The maximum atomic E-state index is 14.1. The topological polar surface area (TPSA) is 87.3 Å². The lowest BCUT2D eigenvalue weighted by Crippen LogP contribution is -2.42. The van der Waals surface area contributed by atoms with E-state index in [2.05, 4.69) is 15.3 Å². The number of thioether (sulfide) groups is 1. The van der Waals surface area contributed by atoms with Gasteiger partial charge in [0.15, 0.2) is 5.17 Å². The summed E-state index contributed by atoms with van der Waals surface area (Å²) in [4.78, 5) is 36.4. The Balaban J connectivity index is 1.36.